The summed E-state index contributed by atoms with van der Waals surface area (Å²) in [6, 6.07) is 8.10. The average Bonchev–Trinajstić information content (AvgIpc) is 2.65. The van der Waals surface area contributed by atoms with E-state index in [1.54, 1.807) is 11.3 Å². The van der Waals surface area contributed by atoms with Gasteiger partial charge in [0.05, 0.1) is 17.3 Å². The van der Waals surface area contributed by atoms with Gasteiger partial charge in [-0.3, -0.25) is 0 Å². The summed E-state index contributed by atoms with van der Waals surface area (Å²) in [4.78, 5) is 5.60. The zero-order chi connectivity index (χ0) is 11.5. The maximum Gasteiger partial charge on any atom is 0.119 e. The van der Waals surface area contributed by atoms with E-state index < -0.39 is 0 Å². The molecule has 3 heteroatoms. The van der Waals surface area contributed by atoms with Gasteiger partial charge in [0.2, 0.25) is 0 Å². The van der Waals surface area contributed by atoms with Crippen molar-refractivity contribution in [3.05, 3.63) is 34.7 Å². The second-order valence-electron chi connectivity index (χ2n) is 3.95. The van der Waals surface area contributed by atoms with E-state index in [4.69, 9.17) is 4.74 Å². The number of nitrogens with zero attached hydrogens (tertiary/aromatic N) is 1. The Bertz CT molecular complexity index is 459. The highest BCUT2D eigenvalue weighted by molar-refractivity contribution is 7.10. The smallest absolute Gasteiger partial charge is 0.119 e. The Labute approximate surface area is 99.9 Å². The monoisotopic (exact) mass is 233 g/mol. The molecule has 0 aliphatic rings. The Morgan fingerprint density at radius 1 is 1.19 bits per heavy atom. The van der Waals surface area contributed by atoms with Gasteiger partial charge in [-0.1, -0.05) is 0 Å². The highest BCUT2D eigenvalue weighted by Crippen LogP contribution is 2.26. The minimum Gasteiger partial charge on any atom is -0.491 e. The highest BCUT2D eigenvalue weighted by atomic mass is 32.1. The van der Waals surface area contributed by atoms with Gasteiger partial charge in [-0.05, 0) is 45.0 Å². The van der Waals surface area contributed by atoms with Crippen LogP contribution in [0.25, 0.3) is 11.3 Å². The molecule has 0 saturated heterocycles. The highest BCUT2D eigenvalue weighted by Gasteiger charge is 2.05. The summed E-state index contributed by atoms with van der Waals surface area (Å²) in [7, 11) is 0. The molecule has 16 heavy (non-hydrogen) atoms. The third-order valence-corrected chi connectivity index (χ3v) is 3.00. The third kappa shape index (κ3) is 2.42. The topological polar surface area (TPSA) is 22.1 Å². The molecule has 0 unspecified atom stereocenters. The Hall–Kier alpha value is -1.35. The van der Waals surface area contributed by atoms with Gasteiger partial charge >= 0.3 is 0 Å². The number of thiazole rings is 1. The molecule has 0 radical (unpaired) electrons. The minimum atomic E-state index is 0.215. The summed E-state index contributed by atoms with van der Waals surface area (Å²) in [6.45, 7) is 6.14. The summed E-state index contributed by atoms with van der Waals surface area (Å²) in [5.41, 5.74) is 4.10. The Balaban J connectivity index is 2.23. The average molecular weight is 233 g/mol. The van der Waals surface area contributed by atoms with Crippen LogP contribution in [0.4, 0.5) is 0 Å². The Morgan fingerprint density at radius 2 is 1.88 bits per heavy atom. The molecule has 0 bridgehead atoms. The molecule has 1 aromatic heterocycles. The van der Waals surface area contributed by atoms with Crippen molar-refractivity contribution < 1.29 is 4.74 Å². The lowest BCUT2D eigenvalue weighted by molar-refractivity contribution is 0.242. The molecule has 1 heterocycles. The molecule has 0 amide bonds. The second kappa shape index (κ2) is 4.66. The molecule has 0 fully saturated rings. The van der Waals surface area contributed by atoms with Crippen LogP contribution in [-0.2, 0) is 0 Å². The fourth-order valence-electron chi connectivity index (χ4n) is 1.55. The molecule has 0 aliphatic heterocycles. The molecule has 0 saturated carbocycles. The van der Waals surface area contributed by atoms with E-state index in [1.807, 2.05) is 31.5 Å². The van der Waals surface area contributed by atoms with Crippen molar-refractivity contribution in [2.45, 2.75) is 26.9 Å². The molecular formula is C13H15NOS. The van der Waals surface area contributed by atoms with Crippen molar-refractivity contribution in [1.82, 2.24) is 4.98 Å². The van der Waals surface area contributed by atoms with Crippen LogP contribution in [0.3, 0.4) is 0 Å². The number of hydrogen-bond donors (Lipinski definition) is 0. The predicted molar refractivity (Wildman–Crippen MR) is 68.1 cm³/mol. The quantitative estimate of drug-likeness (QED) is 0.802. The fraction of sp³-hybridized carbons (Fsp3) is 0.308. The zero-order valence-electron chi connectivity index (χ0n) is 9.73. The largest absolute Gasteiger partial charge is 0.491 e. The normalized spacial score (nSPS) is 10.8. The summed E-state index contributed by atoms with van der Waals surface area (Å²) in [6.07, 6.45) is 0.215. The Kier molecular flexibility index (Phi) is 3.25. The van der Waals surface area contributed by atoms with Crippen LogP contribution in [0.5, 0.6) is 5.75 Å². The zero-order valence-corrected chi connectivity index (χ0v) is 10.5. The van der Waals surface area contributed by atoms with Gasteiger partial charge in [-0.2, -0.15) is 0 Å². The first-order chi connectivity index (χ1) is 7.66. The first kappa shape index (κ1) is 11.1. The van der Waals surface area contributed by atoms with Crippen molar-refractivity contribution in [3.63, 3.8) is 0 Å². The van der Waals surface area contributed by atoms with Crippen molar-refractivity contribution in [2.24, 2.45) is 0 Å². The van der Waals surface area contributed by atoms with Gasteiger partial charge in [0.1, 0.15) is 5.75 Å². The van der Waals surface area contributed by atoms with Crippen molar-refractivity contribution in [2.75, 3.05) is 0 Å². The maximum atomic E-state index is 5.60. The van der Waals surface area contributed by atoms with E-state index >= 15 is 0 Å². The lowest BCUT2D eigenvalue weighted by Crippen LogP contribution is -2.05. The molecule has 2 aromatic rings. The van der Waals surface area contributed by atoms with Crippen molar-refractivity contribution in [1.29, 1.82) is 0 Å². The number of hydrogen-bond acceptors (Lipinski definition) is 3. The van der Waals surface area contributed by atoms with E-state index in [0.717, 1.165) is 17.0 Å². The molecule has 0 N–H and O–H groups in total. The van der Waals surface area contributed by atoms with Crippen LogP contribution in [-0.4, -0.2) is 11.1 Å². The molecule has 2 rings (SSSR count). The fourth-order valence-corrected chi connectivity index (χ4v) is 2.14. The number of aryl methyl sites for hydroxylation is 1. The first-order valence-corrected chi connectivity index (χ1v) is 6.22. The number of rotatable bonds is 3. The van der Waals surface area contributed by atoms with Crippen LogP contribution in [0, 0.1) is 6.92 Å². The van der Waals surface area contributed by atoms with Gasteiger partial charge in [0, 0.05) is 10.4 Å². The van der Waals surface area contributed by atoms with Gasteiger partial charge in [-0.25, -0.2) is 4.98 Å². The van der Waals surface area contributed by atoms with E-state index in [9.17, 15) is 0 Å². The van der Waals surface area contributed by atoms with Gasteiger partial charge in [-0.15, -0.1) is 11.3 Å². The van der Waals surface area contributed by atoms with E-state index in [2.05, 4.69) is 24.0 Å². The van der Waals surface area contributed by atoms with E-state index in [0.29, 0.717) is 0 Å². The lowest BCUT2D eigenvalue weighted by Gasteiger charge is -2.09. The molecule has 84 valence electrons. The van der Waals surface area contributed by atoms with Gasteiger partial charge in [0.15, 0.2) is 0 Å². The lowest BCUT2D eigenvalue weighted by atomic mass is 10.1. The van der Waals surface area contributed by atoms with Crippen LogP contribution in [0.1, 0.15) is 18.7 Å². The van der Waals surface area contributed by atoms with Gasteiger partial charge < -0.3 is 4.74 Å². The van der Waals surface area contributed by atoms with E-state index in [-0.39, 0.29) is 6.10 Å². The van der Waals surface area contributed by atoms with E-state index in [1.165, 1.54) is 4.88 Å². The SMILES string of the molecule is Cc1scnc1-c1ccc(OC(C)C)cc1. The summed E-state index contributed by atoms with van der Waals surface area (Å²) >= 11 is 1.67. The van der Waals surface area contributed by atoms with Gasteiger partial charge in [0.25, 0.3) is 0 Å². The number of benzene rings is 1. The molecule has 0 aliphatic carbocycles. The van der Waals surface area contributed by atoms with Crippen molar-refractivity contribution in [3.8, 4) is 17.0 Å². The standard InChI is InChI=1S/C13H15NOS/c1-9(2)15-12-6-4-11(5-7-12)13-10(3)16-8-14-13/h4-9H,1-3H3. The van der Waals surface area contributed by atoms with Crippen LogP contribution in [0.15, 0.2) is 29.8 Å². The Morgan fingerprint density at radius 3 is 2.38 bits per heavy atom. The molecular weight excluding hydrogens is 218 g/mol. The second-order valence-corrected chi connectivity index (χ2v) is 5.01. The first-order valence-electron chi connectivity index (χ1n) is 5.34. The summed E-state index contributed by atoms with van der Waals surface area (Å²) in [5.74, 6) is 0.909. The molecule has 2 nitrogen and oxygen atoms in total. The third-order valence-electron chi connectivity index (χ3n) is 2.24. The van der Waals surface area contributed by atoms with Crippen LogP contribution >= 0.6 is 11.3 Å². The van der Waals surface area contributed by atoms with Crippen LogP contribution in [0.2, 0.25) is 0 Å². The summed E-state index contributed by atoms with van der Waals surface area (Å²) in [5, 5.41) is 0. The number of ether oxygens (including phenoxy) is 1. The number of aromatic nitrogens is 1. The molecule has 0 spiro atoms. The maximum absolute atomic E-state index is 5.60. The minimum absolute atomic E-state index is 0.215. The predicted octanol–water partition coefficient (Wildman–Crippen LogP) is 3.91. The van der Waals surface area contributed by atoms with Crippen molar-refractivity contribution >= 4 is 11.3 Å². The molecule has 1 aromatic carbocycles. The molecule has 0 atom stereocenters. The summed E-state index contributed by atoms with van der Waals surface area (Å²) < 4.78 is 5.60. The van der Waals surface area contributed by atoms with Crippen LogP contribution < -0.4 is 4.74 Å².